The van der Waals surface area contributed by atoms with Gasteiger partial charge in [-0.15, -0.1) is 23.7 Å². The Morgan fingerprint density at radius 1 is 1.23 bits per heavy atom. The lowest BCUT2D eigenvalue weighted by atomic mass is 9.89. The fourth-order valence-corrected chi connectivity index (χ4v) is 4.89. The number of thiophene rings is 1. The largest absolute Gasteiger partial charge is 0.342 e. The van der Waals surface area contributed by atoms with E-state index >= 15 is 0 Å². The molecule has 2 heterocycles. The van der Waals surface area contributed by atoms with Gasteiger partial charge in [0.25, 0.3) is 0 Å². The first-order valence-electron chi connectivity index (χ1n) is 9.17. The minimum absolute atomic E-state index is 0. The molecule has 0 spiro atoms. The molecule has 26 heavy (non-hydrogen) atoms. The van der Waals surface area contributed by atoms with E-state index in [9.17, 15) is 4.79 Å². The summed E-state index contributed by atoms with van der Waals surface area (Å²) in [5.74, 6) is 1.02. The lowest BCUT2D eigenvalue weighted by molar-refractivity contribution is -0.130. The predicted octanol–water partition coefficient (Wildman–Crippen LogP) is 4.31. The minimum atomic E-state index is 0. The molecule has 0 aliphatic carbocycles. The van der Waals surface area contributed by atoms with Crippen molar-refractivity contribution in [1.82, 2.24) is 4.90 Å². The first-order valence-corrected chi connectivity index (χ1v) is 9.99. The molecule has 142 valence electrons. The van der Waals surface area contributed by atoms with E-state index in [-0.39, 0.29) is 18.3 Å². The minimum Gasteiger partial charge on any atom is -0.342 e. The molecule has 1 aliphatic heterocycles. The van der Waals surface area contributed by atoms with Gasteiger partial charge in [-0.1, -0.05) is 30.3 Å². The standard InChI is InChI=1S/C21H28N2OS.ClH/c1-15-11-18(16(2)25-15)9-6-10-21(24)23-13-19(12-22)20(14-23)17-7-4-3-5-8-17;/h3-5,7-8,11,19-20H,6,9-10,12-14,22H2,1-2H3;1H/t19-,20+;/m1./s1. The molecule has 1 aromatic carbocycles. The number of aryl methyl sites for hydroxylation is 3. The molecule has 2 N–H and O–H groups in total. The summed E-state index contributed by atoms with van der Waals surface area (Å²) in [6.07, 6.45) is 2.56. The van der Waals surface area contributed by atoms with Crippen LogP contribution in [0.1, 0.15) is 39.6 Å². The van der Waals surface area contributed by atoms with Crippen LogP contribution in [0.3, 0.4) is 0 Å². The van der Waals surface area contributed by atoms with Gasteiger partial charge in [-0.3, -0.25) is 4.79 Å². The van der Waals surface area contributed by atoms with Gasteiger partial charge in [0, 0.05) is 35.2 Å². The first-order chi connectivity index (χ1) is 12.1. The molecule has 2 aromatic rings. The lowest BCUT2D eigenvalue weighted by Gasteiger charge is -2.17. The molecule has 3 nitrogen and oxygen atoms in total. The number of carbonyl (C=O) groups excluding carboxylic acids is 1. The fraction of sp³-hybridized carbons (Fsp3) is 0.476. The van der Waals surface area contributed by atoms with Crippen LogP contribution in [0.2, 0.25) is 0 Å². The molecule has 0 radical (unpaired) electrons. The summed E-state index contributed by atoms with van der Waals surface area (Å²) in [4.78, 5) is 17.4. The van der Waals surface area contributed by atoms with E-state index in [0.717, 1.165) is 25.9 Å². The van der Waals surface area contributed by atoms with Gasteiger partial charge >= 0.3 is 0 Å². The number of nitrogens with zero attached hydrogens (tertiary/aromatic N) is 1. The van der Waals surface area contributed by atoms with Crippen molar-refractivity contribution in [2.24, 2.45) is 11.7 Å². The molecule has 1 amide bonds. The van der Waals surface area contributed by atoms with E-state index in [2.05, 4.69) is 44.2 Å². The zero-order chi connectivity index (χ0) is 17.8. The number of nitrogens with two attached hydrogens (primary N) is 1. The molecule has 3 rings (SSSR count). The first kappa shape index (κ1) is 20.9. The summed E-state index contributed by atoms with van der Waals surface area (Å²) in [6.45, 7) is 6.56. The molecule has 1 fully saturated rings. The monoisotopic (exact) mass is 392 g/mol. The lowest BCUT2D eigenvalue weighted by Crippen LogP contribution is -2.29. The summed E-state index contributed by atoms with van der Waals surface area (Å²) < 4.78 is 0. The quantitative estimate of drug-likeness (QED) is 0.796. The highest BCUT2D eigenvalue weighted by atomic mass is 35.5. The van der Waals surface area contributed by atoms with Crippen molar-refractivity contribution in [3.8, 4) is 0 Å². The average Bonchev–Trinajstić information content (AvgIpc) is 3.18. The van der Waals surface area contributed by atoms with Crippen molar-refractivity contribution in [1.29, 1.82) is 0 Å². The van der Waals surface area contributed by atoms with Gasteiger partial charge in [0.15, 0.2) is 0 Å². The molecule has 1 saturated heterocycles. The van der Waals surface area contributed by atoms with Crippen molar-refractivity contribution in [3.63, 3.8) is 0 Å². The highest BCUT2D eigenvalue weighted by Gasteiger charge is 2.34. The topological polar surface area (TPSA) is 46.3 Å². The van der Waals surface area contributed by atoms with E-state index in [1.165, 1.54) is 20.9 Å². The molecule has 1 aliphatic rings. The van der Waals surface area contributed by atoms with E-state index in [1.807, 2.05) is 22.3 Å². The Labute approximate surface area is 167 Å². The molecular formula is C21H29ClN2OS. The Bertz CT molecular complexity index is 716. The maximum Gasteiger partial charge on any atom is 0.222 e. The van der Waals surface area contributed by atoms with Crippen molar-refractivity contribution in [3.05, 3.63) is 57.3 Å². The summed E-state index contributed by atoms with van der Waals surface area (Å²) in [5.41, 5.74) is 8.69. The molecule has 5 heteroatoms. The number of halogens is 1. The zero-order valence-electron chi connectivity index (χ0n) is 15.6. The van der Waals surface area contributed by atoms with Crippen molar-refractivity contribution >= 4 is 29.7 Å². The summed E-state index contributed by atoms with van der Waals surface area (Å²) in [7, 11) is 0. The van der Waals surface area contributed by atoms with E-state index in [1.54, 1.807) is 0 Å². The van der Waals surface area contributed by atoms with Gasteiger partial charge in [-0.2, -0.15) is 0 Å². The third-order valence-corrected chi connectivity index (χ3v) is 6.31. The number of hydrogen-bond donors (Lipinski definition) is 1. The second kappa shape index (κ2) is 9.54. The third-order valence-electron chi connectivity index (χ3n) is 5.30. The van der Waals surface area contributed by atoms with Crippen LogP contribution < -0.4 is 5.73 Å². The summed E-state index contributed by atoms with van der Waals surface area (Å²) >= 11 is 1.85. The highest BCUT2D eigenvalue weighted by Crippen LogP contribution is 2.32. The molecule has 2 atom stereocenters. The van der Waals surface area contributed by atoms with Crippen LogP contribution in [0.5, 0.6) is 0 Å². The predicted molar refractivity (Wildman–Crippen MR) is 112 cm³/mol. The van der Waals surface area contributed by atoms with Crippen LogP contribution in [0.4, 0.5) is 0 Å². The fourth-order valence-electron chi connectivity index (χ4n) is 3.91. The number of rotatable bonds is 6. The maximum absolute atomic E-state index is 12.7. The van der Waals surface area contributed by atoms with Crippen LogP contribution in [-0.4, -0.2) is 30.4 Å². The van der Waals surface area contributed by atoms with Crippen LogP contribution >= 0.6 is 23.7 Å². The van der Waals surface area contributed by atoms with Crippen LogP contribution in [-0.2, 0) is 11.2 Å². The summed E-state index contributed by atoms with van der Waals surface area (Å²) in [5, 5.41) is 0. The van der Waals surface area contributed by atoms with Crippen LogP contribution in [0.25, 0.3) is 0 Å². The third kappa shape index (κ3) is 4.87. The molecule has 1 aromatic heterocycles. The normalized spacial score (nSPS) is 19.4. The van der Waals surface area contributed by atoms with Gasteiger partial charge < -0.3 is 10.6 Å². The molecule has 0 saturated carbocycles. The Morgan fingerprint density at radius 3 is 2.58 bits per heavy atom. The van der Waals surface area contributed by atoms with Gasteiger partial charge in [0.2, 0.25) is 5.91 Å². The van der Waals surface area contributed by atoms with Gasteiger partial charge in [0.05, 0.1) is 0 Å². The number of hydrogen-bond acceptors (Lipinski definition) is 3. The van der Waals surface area contributed by atoms with E-state index in [4.69, 9.17) is 5.73 Å². The van der Waals surface area contributed by atoms with Crippen LogP contribution in [0.15, 0.2) is 36.4 Å². The molecule has 0 bridgehead atoms. The molecule has 0 unspecified atom stereocenters. The summed E-state index contributed by atoms with van der Waals surface area (Å²) in [6, 6.07) is 12.7. The van der Waals surface area contributed by atoms with Gasteiger partial charge in [-0.25, -0.2) is 0 Å². The maximum atomic E-state index is 12.7. The number of benzene rings is 1. The van der Waals surface area contributed by atoms with E-state index < -0.39 is 0 Å². The second-order valence-corrected chi connectivity index (χ2v) is 8.56. The number of likely N-dealkylation sites (tertiary alicyclic amines) is 1. The SMILES string of the molecule is Cc1cc(CCCC(=O)N2C[C@@H](CN)[C@H](c3ccccc3)C2)c(C)s1.Cl. The van der Waals surface area contributed by atoms with Gasteiger partial charge in [0.1, 0.15) is 0 Å². The van der Waals surface area contributed by atoms with Crippen molar-refractivity contribution in [2.75, 3.05) is 19.6 Å². The second-order valence-electron chi connectivity index (χ2n) is 7.10. The zero-order valence-corrected chi connectivity index (χ0v) is 17.2. The Morgan fingerprint density at radius 2 is 1.96 bits per heavy atom. The van der Waals surface area contributed by atoms with E-state index in [0.29, 0.717) is 24.8 Å². The molecular weight excluding hydrogens is 364 g/mol. The van der Waals surface area contributed by atoms with Crippen LogP contribution in [0, 0.1) is 19.8 Å². The number of carbonyl (C=O) groups is 1. The highest BCUT2D eigenvalue weighted by molar-refractivity contribution is 7.12. The van der Waals surface area contributed by atoms with Crippen molar-refractivity contribution < 1.29 is 4.79 Å². The number of amides is 1. The van der Waals surface area contributed by atoms with Crippen molar-refractivity contribution in [2.45, 2.75) is 39.0 Å². The Balaban J connectivity index is 0.00000243. The smallest absolute Gasteiger partial charge is 0.222 e. The average molecular weight is 393 g/mol. The van der Waals surface area contributed by atoms with Gasteiger partial charge in [-0.05, 0) is 56.3 Å². The Hall–Kier alpha value is -1.36. The Kier molecular flexibility index (Phi) is 7.69.